The lowest BCUT2D eigenvalue weighted by molar-refractivity contribution is -0.0399. The van der Waals surface area contributed by atoms with Crippen LogP contribution in [0.2, 0.25) is 5.02 Å². The van der Waals surface area contributed by atoms with Crippen molar-refractivity contribution >= 4 is 22.4 Å². The van der Waals surface area contributed by atoms with Crippen molar-refractivity contribution in [1.29, 1.82) is 0 Å². The number of rotatable bonds is 1. The summed E-state index contributed by atoms with van der Waals surface area (Å²) in [7, 11) is 0. The van der Waals surface area contributed by atoms with Crippen LogP contribution in [0, 0.1) is 23.7 Å². The number of halogens is 1. The highest BCUT2D eigenvalue weighted by Gasteiger charge is 2.61. The quantitative estimate of drug-likeness (QED) is 0.274. The minimum atomic E-state index is 0.220. The van der Waals surface area contributed by atoms with Crippen LogP contribution < -0.4 is 0 Å². The van der Waals surface area contributed by atoms with Crippen LogP contribution in [0.15, 0.2) is 78.9 Å². The molecule has 33 heavy (non-hydrogen) atoms. The van der Waals surface area contributed by atoms with Gasteiger partial charge in [-0.05, 0) is 101 Å². The molecule has 162 valence electrons. The smallest absolute Gasteiger partial charge is 0.0484 e. The Morgan fingerprint density at radius 2 is 1.18 bits per heavy atom. The number of hydrogen-bond donors (Lipinski definition) is 0. The van der Waals surface area contributed by atoms with E-state index >= 15 is 0 Å². The van der Waals surface area contributed by atoms with Crippen molar-refractivity contribution < 1.29 is 0 Å². The summed E-state index contributed by atoms with van der Waals surface area (Å²) >= 11 is 6.61. The monoisotopic (exact) mass is 446 g/mol. The first kappa shape index (κ1) is 18.8. The van der Waals surface area contributed by atoms with Gasteiger partial charge in [0.1, 0.15) is 0 Å². The van der Waals surface area contributed by atoms with Crippen LogP contribution in [0.5, 0.6) is 0 Å². The van der Waals surface area contributed by atoms with Crippen molar-refractivity contribution in [3.05, 3.63) is 95.0 Å². The minimum Gasteiger partial charge on any atom is -0.0837 e. The number of fused-ring (bicyclic) bond motifs is 4. The van der Waals surface area contributed by atoms with Gasteiger partial charge in [-0.2, -0.15) is 0 Å². The number of hydrogen-bond acceptors (Lipinski definition) is 0. The molecule has 0 aromatic heterocycles. The van der Waals surface area contributed by atoms with Gasteiger partial charge in [0, 0.05) is 15.8 Å². The fourth-order valence-corrected chi connectivity index (χ4v) is 9.15. The Labute approximate surface area is 200 Å². The molecule has 1 spiro atoms. The van der Waals surface area contributed by atoms with Gasteiger partial charge in [0.15, 0.2) is 0 Å². The Hall–Kier alpha value is -2.57. The van der Waals surface area contributed by atoms with E-state index in [4.69, 9.17) is 11.6 Å². The summed E-state index contributed by atoms with van der Waals surface area (Å²) in [6.07, 6.45) is 7.20. The molecule has 5 aliphatic carbocycles. The molecule has 0 atom stereocenters. The summed E-state index contributed by atoms with van der Waals surface area (Å²) in [4.78, 5) is 0. The molecule has 0 aliphatic heterocycles. The van der Waals surface area contributed by atoms with Gasteiger partial charge in [-0.3, -0.25) is 0 Å². The third-order valence-corrected chi connectivity index (χ3v) is 10.1. The molecule has 4 aromatic carbocycles. The molecule has 0 N–H and O–H groups in total. The fraction of sp³-hybridized carbons (Fsp3) is 0.312. The SMILES string of the molecule is Clc1ccc(-c2cccc3c2-c2ccccc2C32C3CC4CC(C3)CC2C4)c2ccccc12. The largest absolute Gasteiger partial charge is 0.0837 e. The van der Waals surface area contributed by atoms with E-state index in [0.29, 0.717) is 0 Å². The first-order valence-electron chi connectivity index (χ1n) is 12.7. The van der Waals surface area contributed by atoms with Crippen molar-refractivity contribution in [2.45, 2.75) is 37.5 Å². The normalized spacial score (nSPS) is 30.7. The first-order valence-corrected chi connectivity index (χ1v) is 13.0. The summed E-state index contributed by atoms with van der Waals surface area (Å²) in [6, 6.07) is 29.5. The van der Waals surface area contributed by atoms with E-state index in [1.807, 2.05) is 0 Å². The lowest BCUT2D eigenvalue weighted by Crippen LogP contribution is -2.55. The fourth-order valence-electron chi connectivity index (χ4n) is 8.92. The van der Waals surface area contributed by atoms with E-state index in [1.165, 1.54) is 59.7 Å². The summed E-state index contributed by atoms with van der Waals surface area (Å²) in [5.41, 5.74) is 9.12. The van der Waals surface area contributed by atoms with Crippen LogP contribution in [0.25, 0.3) is 33.0 Å². The van der Waals surface area contributed by atoms with Crippen molar-refractivity contribution in [2.75, 3.05) is 0 Å². The van der Waals surface area contributed by atoms with Gasteiger partial charge < -0.3 is 0 Å². The van der Waals surface area contributed by atoms with E-state index in [9.17, 15) is 0 Å². The van der Waals surface area contributed by atoms with Gasteiger partial charge in [0.25, 0.3) is 0 Å². The number of benzene rings is 4. The molecule has 0 heterocycles. The van der Waals surface area contributed by atoms with E-state index in [-0.39, 0.29) is 5.41 Å². The topological polar surface area (TPSA) is 0 Å². The van der Waals surface area contributed by atoms with Crippen LogP contribution in [-0.4, -0.2) is 0 Å². The Morgan fingerprint density at radius 1 is 0.545 bits per heavy atom. The molecule has 4 aromatic rings. The van der Waals surface area contributed by atoms with E-state index in [1.54, 1.807) is 11.1 Å². The Morgan fingerprint density at radius 3 is 1.97 bits per heavy atom. The maximum atomic E-state index is 6.61. The zero-order valence-corrected chi connectivity index (χ0v) is 19.5. The molecular formula is C32H27Cl. The molecule has 4 fully saturated rings. The van der Waals surface area contributed by atoms with E-state index in [2.05, 4.69) is 78.9 Å². The van der Waals surface area contributed by atoms with E-state index < -0.39 is 0 Å². The van der Waals surface area contributed by atoms with Crippen molar-refractivity contribution in [1.82, 2.24) is 0 Å². The second-order valence-electron chi connectivity index (χ2n) is 11.1. The molecule has 0 unspecified atom stereocenters. The molecule has 0 nitrogen and oxygen atoms in total. The highest BCUT2D eigenvalue weighted by atomic mass is 35.5. The predicted molar refractivity (Wildman–Crippen MR) is 138 cm³/mol. The molecule has 0 radical (unpaired) electrons. The van der Waals surface area contributed by atoms with Gasteiger partial charge in [0.2, 0.25) is 0 Å². The molecule has 4 bridgehead atoms. The van der Waals surface area contributed by atoms with Gasteiger partial charge in [-0.15, -0.1) is 0 Å². The van der Waals surface area contributed by atoms with E-state index in [0.717, 1.165) is 34.1 Å². The third kappa shape index (κ3) is 2.29. The second-order valence-corrected chi connectivity index (χ2v) is 11.5. The highest BCUT2D eigenvalue weighted by Crippen LogP contribution is 2.70. The van der Waals surface area contributed by atoms with Gasteiger partial charge in [0.05, 0.1) is 0 Å². The van der Waals surface area contributed by atoms with Crippen molar-refractivity contribution in [2.24, 2.45) is 23.7 Å². The minimum absolute atomic E-state index is 0.220. The van der Waals surface area contributed by atoms with Crippen LogP contribution >= 0.6 is 11.6 Å². The van der Waals surface area contributed by atoms with Crippen LogP contribution in [0.1, 0.15) is 43.2 Å². The average molecular weight is 447 g/mol. The summed E-state index contributed by atoms with van der Waals surface area (Å²) in [5.74, 6) is 3.54. The summed E-state index contributed by atoms with van der Waals surface area (Å²) in [5, 5.41) is 3.23. The predicted octanol–water partition coefficient (Wildman–Crippen LogP) is 8.88. The lowest BCUT2D eigenvalue weighted by Gasteiger charge is -2.61. The molecule has 1 heteroatoms. The maximum absolute atomic E-state index is 6.61. The molecular weight excluding hydrogens is 420 g/mol. The van der Waals surface area contributed by atoms with Crippen LogP contribution in [-0.2, 0) is 5.41 Å². The Kier molecular flexibility index (Phi) is 3.71. The molecule has 0 saturated heterocycles. The van der Waals surface area contributed by atoms with Gasteiger partial charge in [-0.25, -0.2) is 0 Å². The molecule has 9 rings (SSSR count). The standard InChI is InChI=1S/C32H27Cl/c33-30-13-12-24(23-6-1-2-7-25(23)30)26-9-5-11-29-31(26)27-8-3-4-10-28(27)32(29)21-15-19-14-20(17-21)18-22(32)16-19/h1-13,19-22H,14-18H2. The van der Waals surface area contributed by atoms with Gasteiger partial charge >= 0.3 is 0 Å². The zero-order chi connectivity index (χ0) is 21.7. The summed E-state index contributed by atoms with van der Waals surface area (Å²) < 4.78 is 0. The molecule has 5 aliphatic rings. The third-order valence-electron chi connectivity index (χ3n) is 9.74. The Bertz CT molecular complexity index is 1420. The summed E-state index contributed by atoms with van der Waals surface area (Å²) in [6.45, 7) is 0. The van der Waals surface area contributed by atoms with Crippen LogP contribution in [0.3, 0.4) is 0 Å². The van der Waals surface area contributed by atoms with Crippen LogP contribution in [0.4, 0.5) is 0 Å². The molecule has 0 amide bonds. The van der Waals surface area contributed by atoms with Crippen molar-refractivity contribution in [3.63, 3.8) is 0 Å². The zero-order valence-electron chi connectivity index (χ0n) is 18.7. The average Bonchev–Trinajstić information content (AvgIpc) is 3.14. The Balaban J connectivity index is 1.45. The van der Waals surface area contributed by atoms with Gasteiger partial charge in [-0.1, -0.05) is 84.4 Å². The maximum Gasteiger partial charge on any atom is 0.0484 e. The lowest BCUT2D eigenvalue weighted by atomic mass is 9.43. The second kappa shape index (κ2) is 6.51. The molecule has 4 saturated carbocycles. The van der Waals surface area contributed by atoms with Crippen molar-refractivity contribution in [3.8, 4) is 22.3 Å². The highest BCUT2D eigenvalue weighted by molar-refractivity contribution is 6.36. The first-order chi connectivity index (χ1) is 16.2.